The summed E-state index contributed by atoms with van der Waals surface area (Å²) in [5, 5.41) is 17.8. The Kier molecular flexibility index (Phi) is 3.13. The molecule has 2 N–H and O–H groups in total. The lowest BCUT2D eigenvalue weighted by molar-refractivity contribution is -0.151. The predicted molar refractivity (Wildman–Crippen MR) is 49.8 cm³/mol. The van der Waals surface area contributed by atoms with Crippen molar-refractivity contribution in [2.75, 3.05) is 0 Å². The van der Waals surface area contributed by atoms with Crippen LogP contribution >= 0.6 is 0 Å². The first-order valence-electron chi connectivity index (χ1n) is 4.89. The largest absolute Gasteiger partial charge is 0.481 e. The van der Waals surface area contributed by atoms with Crippen LogP contribution in [-0.2, 0) is 9.59 Å². The molecule has 0 spiro atoms. The maximum atomic E-state index is 10.8. The molecule has 0 aromatic carbocycles. The number of carboxylic acid groups (broad SMARTS) is 2. The second-order valence-electron chi connectivity index (χ2n) is 4.32. The Morgan fingerprint density at radius 3 is 1.57 bits per heavy atom. The number of aliphatic carboxylic acids is 2. The summed E-state index contributed by atoms with van der Waals surface area (Å²) in [6.45, 7) is 3.76. The Labute approximate surface area is 82.9 Å². The van der Waals surface area contributed by atoms with Crippen LogP contribution in [0.4, 0.5) is 0 Å². The molecule has 0 aromatic rings. The molecular formula is C10H16O4. The summed E-state index contributed by atoms with van der Waals surface area (Å²) in [6, 6.07) is 0. The maximum absolute atomic E-state index is 10.8. The van der Waals surface area contributed by atoms with Crippen molar-refractivity contribution in [3.05, 3.63) is 0 Å². The molecule has 0 aliphatic heterocycles. The zero-order chi connectivity index (χ0) is 10.9. The van der Waals surface area contributed by atoms with Crippen molar-refractivity contribution in [3.8, 4) is 0 Å². The van der Waals surface area contributed by atoms with Gasteiger partial charge >= 0.3 is 11.9 Å². The molecule has 0 heterocycles. The van der Waals surface area contributed by atoms with E-state index in [9.17, 15) is 9.59 Å². The fraction of sp³-hybridized carbons (Fsp3) is 0.800. The molecule has 4 unspecified atom stereocenters. The van der Waals surface area contributed by atoms with Gasteiger partial charge in [0.05, 0.1) is 11.8 Å². The van der Waals surface area contributed by atoms with E-state index in [0.717, 1.165) is 0 Å². The molecule has 1 rings (SSSR count). The van der Waals surface area contributed by atoms with Gasteiger partial charge in [0.25, 0.3) is 0 Å². The molecule has 0 amide bonds. The van der Waals surface area contributed by atoms with E-state index in [-0.39, 0.29) is 18.3 Å². The highest BCUT2D eigenvalue weighted by molar-refractivity contribution is 5.74. The normalized spacial score (nSPS) is 37.9. The summed E-state index contributed by atoms with van der Waals surface area (Å²) in [7, 11) is 0. The van der Waals surface area contributed by atoms with E-state index in [1.807, 2.05) is 13.8 Å². The van der Waals surface area contributed by atoms with Crippen LogP contribution < -0.4 is 0 Å². The molecule has 1 fully saturated rings. The van der Waals surface area contributed by atoms with E-state index in [4.69, 9.17) is 10.2 Å². The van der Waals surface area contributed by atoms with Crippen LogP contribution in [0.25, 0.3) is 0 Å². The number of carboxylic acids is 2. The van der Waals surface area contributed by atoms with Gasteiger partial charge in [0.2, 0.25) is 0 Å². The Hall–Kier alpha value is -1.06. The van der Waals surface area contributed by atoms with Crippen LogP contribution in [0.2, 0.25) is 0 Å². The van der Waals surface area contributed by atoms with Gasteiger partial charge in [0.1, 0.15) is 0 Å². The van der Waals surface area contributed by atoms with E-state index in [1.165, 1.54) is 0 Å². The number of carbonyl (C=O) groups is 2. The minimum absolute atomic E-state index is 0.0816. The Morgan fingerprint density at radius 1 is 0.929 bits per heavy atom. The van der Waals surface area contributed by atoms with Gasteiger partial charge in [0, 0.05) is 0 Å². The summed E-state index contributed by atoms with van der Waals surface area (Å²) in [6.07, 6.45) is 0.959. The van der Waals surface area contributed by atoms with Gasteiger partial charge in [-0.2, -0.15) is 0 Å². The highest BCUT2D eigenvalue weighted by atomic mass is 16.4. The zero-order valence-electron chi connectivity index (χ0n) is 8.43. The molecule has 4 atom stereocenters. The lowest BCUT2D eigenvalue weighted by Gasteiger charge is -2.34. The van der Waals surface area contributed by atoms with E-state index < -0.39 is 23.8 Å². The summed E-state index contributed by atoms with van der Waals surface area (Å²) < 4.78 is 0. The predicted octanol–water partition coefficient (Wildman–Crippen LogP) is 1.45. The molecule has 1 saturated carbocycles. The zero-order valence-corrected chi connectivity index (χ0v) is 8.43. The third-order valence-electron chi connectivity index (χ3n) is 3.26. The minimum atomic E-state index is -0.865. The summed E-state index contributed by atoms with van der Waals surface area (Å²) in [4.78, 5) is 21.7. The summed E-state index contributed by atoms with van der Waals surface area (Å²) >= 11 is 0. The third-order valence-corrected chi connectivity index (χ3v) is 3.26. The molecule has 0 aromatic heterocycles. The molecule has 14 heavy (non-hydrogen) atoms. The third kappa shape index (κ3) is 2.05. The molecule has 0 saturated heterocycles. The standard InChI is InChI=1S/C10H16O4/c1-5-3-6(2)8(10(13)14)4-7(5)9(11)12/h5-8H,3-4H2,1-2H3,(H,11,12)(H,13,14). The van der Waals surface area contributed by atoms with Crippen LogP contribution in [0, 0.1) is 23.7 Å². The molecule has 4 heteroatoms. The van der Waals surface area contributed by atoms with Gasteiger partial charge in [-0.15, -0.1) is 0 Å². The maximum Gasteiger partial charge on any atom is 0.306 e. The van der Waals surface area contributed by atoms with Gasteiger partial charge < -0.3 is 10.2 Å². The number of hydrogen-bond donors (Lipinski definition) is 2. The van der Waals surface area contributed by atoms with Crippen LogP contribution in [-0.4, -0.2) is 22.2 Å². The van der Waals surface area contributed by atoms with Crippen molar-refractivity contribution in [3.63, 3.8) is 0 Å². The van der Waals surface area contributed by atoms with Gasteiger partial charge in [0.15, 0.2) is 0 Å². The Morgan fingerprint density at radius 2 is 1.29 bits per heavy atom. The van der Waals surface area contributed by atoms with Crippen LogP contribution in [0.1, 0.15) is 26.7 Å². The van der Waals surface area contributed by atoms with Gasteiger partial charge in [-0.05, 0) is 24.7 Å². The van der Waals surface area contributed by atoms with Crippen LogP contribution in [0.5, 0.6) is 0 Å². The van der Waals surface area contributed by atoms with Gasteiger partial charge in [-0.25, -0.2) is 0 Å². The monoisotopic (exact) mass is 200 g/mol. The quantitative estimate of drug-likeness (QED) is 0.707. The first-order valence-corrected chi connectivity index (χ1v) is 4.89. The highest BCUT2D eigenvalue weighted by Crippen LogP contribution is 2.37. The van der Waals surface area contributed by atoms with Gasteiger partial charge in [-0.1, -0.05) is 13.8 Å². The smallest absolute Gasteiger partial charge is 0.306 e. The van der Waals surface area contributed by atoms with Crippen molar-refractivity contribution in [1.82, 2.24) is 0 Å². The van der Waals surface area contributed by atoms with Gasteiger partial charge in [-0.3, -0.25) is 9.59 Å². The average molecular weight is 200 g/mol. The summed E-state index contributed by atoms with van der Waals surface area (Å²) in [5.74, 6) is -2.55. The van der Waals surface area contributed by atoms with Crippen molar-refractivity contribution < 1.29 is 19.8 Å². The molecule has 0 bridgehead atoms. The first-order chi connectivity index (χ1) is 6.43. The van der Waals surface area contributed by atoms with E-state index >= 15 is 0 Å². The fourth-order valence-corrected chi connectivity index (χ4v) is 2.34. The van der Waals surface area contributed by atoms with E-state index in [2.05, 4.69) is 0 Å². The fourth-order valence-electron chi connectivity index (χ4n) is 2.34. The van der Waals surface area contributed by atoms with E-state index in [0.29, 0.717) is 6.42 Å². The molecule has 0 radical (unpaired) electrons. The van der Waals surface area contributed by atoms with Crippen molar-refractivity contribution in [1.29, 1.82) is 0 Å². The number of hydrogen-bond acceptors (Lipinski definition) is 2. The lowest BCUT2D eigenvalue weighted by atomic mass is 9.69. The topological polar surface area (TPSA) is 74.6 Å². The van der Waals surface area contributed by atoms with Crippen molar-refractivity contribution in [2.45, 2.75) is 26.7 Å². The Balaban J connectivity index is 2.75. The average Bonchev–Trinajstić information content (AvgIpc) is 2.02. The highest BCUT2D eigenvalue weighted by Gasteiger charge is 2.39. The molecule has 1 aliphatic carbocycles. The van der Waals surface area contributed by atoms with Crippen molar-refractivity contribution >= 4 is 11.9 Å². The van der Waals surface area contributed by atoms with E-state index in [1.54, 1.807) is 0 Å². The first kappa shape index (κ1) is 11.0. The number of rotatable bonds is 2. The molecule has 1 aliphatic rings. The summed E-state index contributed by atoms with van der Waals surface area (Å²) in [5.41, 5.74) is 0. The van der Waals surface area contributed by atoms with Crippen LogP contribution in [0.15, 0.2) is 0 Å². The Bertz CT molecular complexity index is 225. The molecule has 80 valence electrons. The second kappa shape index (κ2) is 3.98. The molecular weight excluding hydrogens is 184 g/mol. The van der Waals surface area contributed by atoms with Crippen LogP contribution in [0.3, 0.4) is 0 Å². The minimum Gasteiger partial charge on any atom is -0.481 e. The SMILES string of the molecule is CC1CC(C)C(C(=O)O)CC1C(=O)O. The lowest BCUT2D eigenvalue weighted by Crippen LogP contribution is -2.37. The van der Waals surface area contributed by atoms with Crippen molar-refractivity contribution in [2.24, 2.45) is 23.7 Å². The molecule has 4 nitrogen and oxygen atoms in total. The second-order valence-corrected chi connectivity index (χ2v) is 4.32.